The Morgan fingerprint density at radius 3 is 2.42 bits per heavy atom. The molecule has 0 bridgehead atoms. The summed E-state index contributed by atoms with van der Waals surface area (Å²) in [6.07, 6.45) is 0.780. The van der Waals surface area contributed by atoms with E-state index in [2.05, 4.69) is 0 Å². The number of anilines is 1. The minimum atomic E-state index is -0.490. The number of nitrogen functional groups attached to an aromatic ring is 1. The van der Waals surface area contributed by atoms with Gasteiger partial charge in [-0.05, 0) is 6.42 Å². The Labute approximate surface area is 109 Å². The zero-order chi connectivity index (χ0) is 14.3. The number of aryl methyl sites for hydroxylation is 2. The van der Waals surface area contributed by atoms with Crippen LogP contribution >= 0.6 is 0 Å². The van der Waals surface area contributed by atoms with Crippen molar-refractivity contribution in [3.63, 3.8) is 0 Å². The van der Waals surface area contributed by atoms with Crippen LogP contribution < -0.4 is 17.0 Å². The lowest BCUT2D eigenvalue weighted by atomic mass is 10.2. The molecule has 2 N–H and O–H groups in total. The fraction of sp³-hybridized carbons (Fsp3) is 0.417. The Hall–Kier alpha value is -2.49. The number of nitrogens with zero attached hydrogens (tertiary/aromatic N) is 4. The van der Waals surface area contributed by atoms with Crippen molar-refractivity contribution in [2.24, 2.45) is 14.1 Å². The number of aromatic nitrogens is 3. The van der Waals surface area contributed by atoms with Crippen LogP contribution in [0.2, 0.25) is 0 Å². The van der Waals surface area contributed by atoms with Crippen LogP contribution in [0, 0.1) is 11.3 Å². The van der Waals surface area contributed by atoms with Crippen molar-refractivity contribution >= 4 is 16.9 Å². The highest BCUT2D eigenvalue weighted by molar-refractivity contribution is 5.89. The van der Waals surface area contributed by atoms with Crippen LogP contribution in [-0.2, 0) is 20.6 Å². The first-order valence-corrected chi connectivity index (χ1v) is 5.93. The van der Waals surface area contributed by atoms with Crippen LogP contribution in [0.25, 0.3) is 11.0 Å². The Balaban J connectivity index is 3.17. The van der Waals surface area contributed by atoms with Gasteiger partial charge < -0.3 is 10.3 Å². The van der Waals surface area contributed by atoms with Gasteiger partial charge in [0.2, 0.25) is 0 Å². The Morgan fingerprint density at radius 1 is 1.26 bits per heavy atom. The summed E-state index contributed by atoms with van der Waals surface area (Å²) in [6.45, 7) is 2.50. The molecule has 0 spiro atoms. The van der Waals surface area contributed by atoms with Crippen molar-refractivity contribution in [1.29, 1.82) is 5.26 Å². The van der Waals surface area contributed by atoms with Gasteiger partial charge >= 0.3 is 5.69 Å². The van der Waals surface area contributed by atoms with Crippen molar-refractivity contribution in [1.82, 2.24) is 13.7 Å². The van der Waals surface area contributed by atoms with Gasteiger partial charge in [-0.1, -0.05) is 6.92 Å². The Kier molecular flexibility index (Phi) is 2.94. The third-order valence-electron chi connectivity index (χ3n) is 3.25. The van der Waals surface area contributed by atoms with E-state index in [0.717, 1.165) is 11.0 Å². The van der Waals surface area contributed by atoms with E-state index >= 15 is 0 Å². The number of fused-ring (bicyclic) bond motifs is 1. The predicted molar refractivity (Wildman–Crippen MR) is 71.8 cm³/mol. The minimum Gasteiger partial charge on any atom is -0.384 e. The van der Waals surface area contributed by atoms with E-state index in [1.165, 1.54) is 11.6 Å². The fourth-order valence-corrected chi connectivity index (χ4v) is 2.31. The molecule has 0 saturated heterocycles. The van der Waals surface area contributed by atoms with Crippen LogP contribution in [0.15, 0.2) is 9.59 Å². The molecule has 0 fully saturated rings. The van der Waals surface area contributed by atoms with Crippen LogP contribution in [0.3, 0.4) is 0 Å². The van der Waals surface area contributed by atoms with Crippen molar-refractivity contribution in [2.75, 3.05) is 5.73 Å². The first-order valence-electron chi connectivity index (χ1n) is 5.93. The lowest BCUT2D eigenvalue weighted by molar-refractivity contribution is 0.658. The van der Waals surface area contributed by atoms with E-state index in [1.54, 1.807) is 11.6 Å². The maximum atomic E-state index is 12.2. The first kappa shape index (κ1) is 13.0. The largest absolute Gasteiger partial charge is 0.384 e. The molecule has 2 heterocycles. The van der Waals surface area contributed by atoms with E-state index in [9.17, 15) is 14.9 Å². The number of nitrogens with two attached hydrogens (primary N) is 1. The topological polar surface area (TPSA) is 98.7 Å². The fourth-order valence-electron chi connectivity index (χ4n) is 2.31. The molecule has 100 valence electrons. The molecular formula is C12H15N5O2. The minimum absolute atomic E-state index is 0.139. The molecule has 7 nitrogen and oxygen atoms in total. The Morgan fingerprint density at radius 2 is 1.89 bits per heavy atom. The van der Waals surface area contributed by atoms with Gasteiger partial charge in [0, 0.05) is 20.6 Å². The number of rotatable bonds is 2. The number of nitriles is 1. The number of hydrogen-bond donors (Lipinski definition) is 1. The second-order valence-electron chi connectivity index (χ2n) is 4.43. The molecule has 0 atom stereocenters. The normalized spacial score (nSPS) is 10.8. The third-order valence-corrected chi connectivity index (χ3v) is 3.25. The molecule has 2 aromatic heterocycles. The van der Waals surface area contributed by atoms with E-state index in [-0.39, 0.29) is 16.8 Å². The van der Waals surface area contributed by atoms with Crippen LogP contribution in [-0.4, -0.2) is 13.7 Å². The molecule has 0 amide bonds. The average Bonchev–Trinajstić information content (AvgIpc) is 2.67. The second-order valence-corrected chi connectivity index (χ2v) is 4.43. The summed E-state index contributed by atoms with van der Waals surface area (Å²) in [4.78, 5) is 24.1. The molecule has 19 heavy (non-hydrogen) atoms. The maximum absolute atomic E-state index is 12.2. The molecule has 0 unspecified atom stereocenters. The van der Waals surface area contributed by atoms with Gasteiger partial charge in [0.25, 0.3) is 5.56 Å². The van der Waals surface area contributed by atoms with Crippen LogP contribution in [0.5, 0.6) is 0 Å². The third kappa shape index (κ3) is 1.57. The summed E-state index contributed by atoms with van der Waals surface area (Å²) in [5.41, 5.74) is 5.55. The molecule has 0 aliphatic rings. The Bertz CT molecular complexity index is 816. The molecule has 0 aromatic carbocycles. The van der Waals surface area contributed by atoms with E-state index in [1.807, 2.05) is 13.0 Å². The van der Waals surface area contributed by atoms with Crippen molar-refractivity contribution in [3.05, 3.63) is 26.4 Å². The van der Waals surface area contributed by atoms with Gasteiger partial charge in [-0.25, -0.2) is 4.79 Å². The molecule has 7 heteroatoms. The second kappa shape index (κ2) is 4.31. The first-order chi connectivity index (χ1) is 8.95. The molecule has 2 aromatic rings. The SMILES string of the molecule is CCCn1c(N)c(C#N)c2c(=O)n(C)c(=O)n(C)c21. The van der Waals surface area contributed by atoms with Crippen LogP contribution in [0.1, 0.15) is 18.9 Å². The van der Waals surface area contributed by atoms with Crippen molar-refractivity contribution in [3.8, 4) is 6.07 Å². The van der Waals surface area contributed by atoms with Gasteiger partial charge in [0.05, 0.1) is 0 Å². The van der Waals surface area contributed by atoms with Crippen molar-refractivity contribution < 1.29 is 0 Å². The monoisotopic (exact) mass is 261 g/mol. The molecule has 0 aliphatic heterocycles. The van der Waals surface area contributed by atoms with Gasteiger partial charge in [0.15, 0.2) is 0 Å². The number of hydrogen-bond acceptors (Lipinski definition) is 4. The molecular weight excluding hydrogens is 246 g/mol. The highest BCUT2D eigenvalue weighted by Gasteiger charge is 2.21. The standard InChI is InChI=1S/C12H15N5O2/c1-4-5-17-9(14)7(6-13)8-10(17)15(2)12(19)16(3)11(8)18/h4-5,14H2,1-3H3. The average molecular weight is 261 g/mol. The van der Waals surface area contributed by atoms with Gasteiger partial charge in [-0.3, -0.25) is 13.9 Å². The summed E-state index contributed by atoms with van der Waals surface area (Å²) in [6, 6.07) is 1.96. The van der Waals surface area contributed by atoms with E-state index < -0.39 is 11.2 Å². The molecule has 2 rings (SSSR count). The summed E-state index contributed by atoms with van der Waals surface area (Å²) in [5.74, 6) is 0.234. The highest BCUT2D eigenvalue weighted by atomic mass is 16.2. The molecule has 0 saturated carbocycles. The van der Waals surface area contributed by atoms with Crippen molar-refractivity contribution in [2.45, 2.75) is 19.9 Å². The molecule has 0 aliphatic carbocycles. The highest BCUT2D eigenvalue weighted by Crippen LogP contribution is 2.24. The lowest BCUT2D eigenvalue weighted by Crippen LogP contribution is -2.37. The molecule has 0 radical (unpaired) electrons. The summed E-state index contributed by atoms with van der Waals surface area (Å²) in [7, 11) is 2.95. The van der Waals surface area contributed by atoms with Crippen LogP contribution in [0.4, 0.5) is 5.82 Å². The van der Waals surface area contributed by atoms with Gasteiger partial charge in [0.1, 0.15) is 28.5 Å². The smallest absolute Gasteiger partial charge is 0.332 e. The summed E-state index contributed by atoms with van der Waals surface area (Å²) in [5, 5.41) is 9.40. The van der Waals surface area contributed by atoms with E-state index in [0.29, 0.717) is 12.2 Å². The lowest BCUT2D eigenvalue weighted by Gasteiger charge is -2.09. The van der Waals surface area contributed by atoms with Gasteiger partial charge in [-0.15, -0.1) is 0 Å². The zero-order valence-corrected chi connectivity index (χ0v) is 11.1. The maximum Gasteiger partial charge on any atom is 0.332 e. The van der Waals surface area contributed by atoms with E-state index in [4.69, 9.17) is 5.73 Å². The predicted octanol–water partition coefficient (Wildman–Crippen LogP) is -0.0974. The zero-order valence-electron chi connectivity index (χ0n) is 11.1. The van der Waals surface area contributed by atoms with Gasteiger partial charge in [-0.2, -0.15) is 5.26 Å². The summed E-state index contributed by atoms with van der Waals surface area (Å²) >= 11 is 0. The quantitative estimate of drug-likeness (QED) is 0.816. The summed E-state index contributed by atoms with van der Waals surface area (Å²) < 4.78 is 3.99.